The standard InChI is InChI=1S/C32H38N2O4/c1-2-38-31(37)32-18-9-16-28(32)34(19-17-23-10-4-3-5-11-23)30(36)26(21-32)20-29(35)33-22-25-14-8-13-24-12-6-7-15-27(24)25/h6-8,10,12-16,26H,2-5,9,11,17-22H2,1H3,(H,33,35)/t26-,32+/m1/s1. The average molecular weight is 515 g/mol. The third-order valence-corrected chi connectivity index (χ3v) is 8.40. The molecule has 1 heterocycles. The number of hydrogen-bond acceptors (Lipinski definition) is 4. The molecule has 0 unspecified atom stereocenters. The van der Waals surface area contributed by atoms with Gasteiger partial charge in [0, 0.05) is 31.1 Å². The van der Waals surface area contributed by atoms with E-state index in [1.807, 2.05) is 42.2 Å². The summed E-state index contributed by atoms with van der Waals surface area (Å²) in [6.07, 6.45) is 11.5. The van der Waals surface area contributed by atoms with E-state index < -0.39 is 11.3 Å². The molecule has 0 saturated carbocycles. The summed E-state index contributed by atoms with van der Waals surface area (Å²) in [6, 6.07) is 14.2. The minimum absolute atomic E-state index is 0.0465. The highest BCUT2D eigenvalue weighted by Crippen LogP contribution is 2.51. The van der Waals surface area contributed by atoms with E-state index in [4.69, 9.17) is 4.74 Å². The molecule has 6 nitrogen and oxygen atoms in total. The van der Waals surface area contributed by atoms with Crippen LogP contribution in [0.4, 0.5) is 0 Å². The van der Waals surface area contributed by atoms with Crippen LogP contribution < -0.4 is 5.32 Å². The summed E-state index contributed by atoms with van der Waals surface area (Å²) in [7, 11) is 0. The van der Waals surface area contributed by atoms with Gasteiger partial charge < -0.3 is 15.0 Å². The number of carbonyl (C=O) groups excluding carboxylic acids is 3. The first-order valence-electron chi connectivity index (χ1n) is 14.1. The molecule has 1 N–H and O–H groups in total. The topological polar surface area (TPSA) is 75.7 Å². The number of benzene rings is 2. The van der Waals surface area contributed by atoms with Crippen molar-refractivity contribution in [3.8, 4) is 0 Å². The minimum Gasteiger partial charge on any atom is -0.465 e. The molecule has 1 fully saturated rings. The largest absolute Gasteiger partial charge is 0.465 e. The van der Waals surface area contributed by atoms with Crippen molar-refractivity contribution < 1.29 is 19.1 Å². The monoisotopic (exact) mass is 514 g/mol. The first kappa shape index (κ1) is 26.2. The summed E-state index contributed by atoms with van der Waals surface area (Å²) in [5, 5.41) is 5.27. The second kappa shape index (κ2) is 11.5. The van der Waals surface area contributed by atoms with Crippen LogP contribution in [0.15, 0.2) is 65.9 Å². The van der Waals surface area contributed by atoms with Gasteiger partial charge in [-0.05, 0) is 74.6 Å². The van der Waals surface area contributed by atoms with E-state index >= 15 is 0 Å². The maximum absolute atomic E-state index is 13.8. The Hall–Kier alpha value is -3.41. The summed E-state index contributed by atoms with van der Waals surface area (Å²) in [5.74, 6) is -1.03. The number of allylic oxidation sites excluding steroid dienone is 2. The minimum atomic E-state index is -0.842. The zero-order valence-corrected chi connectivity index (χ0v) is 22.3. The van der Waals surface area contributed by atoms with Crippen LogP contribution in [0.5, 0.6) is 0 Å². The number of ether oxygens (including phenoxy) is 1. The molecule has 0 bridgehead atoms. The molecule has 6 heteroatoms. The van der Waals surface area contributed by atoms with Crippen molar-refractivity contribution >= 4 is 28.6 Å². The van der Waals surface area contributed by atoms with Gasteiger partial charge >= 0.3 is 5.97 Å². The van der Waals surface area contributed by atoms with Crippen LogP contribution in [0, 0.1) is 11.3 Å². The quantitative estimate of drug-likeness (QED) is 0.338. The molecule has 200 valence electrons. The third-order valence-electron chi connectivity index (χ3n) is 8.40. The lowest BCUT2D eigenvalue weighted by Crippen LogP contribution is -2.52. The molecule has 0 spiro atoms. The van der Waals surface area contributed by atoms with Gasteiger partial charge in [-0.3, -0.25) is 14.4 Å². The molecular formula is C32H38N2O4. The first-order chi connectivity index (χ1) is 18.5. The molecule has 2 aromatic rings. The first-order valence-corrected chi connectivity index (χ1v) is 14.1. The summed E-state index contributed by atoms with van der Waals surface area (Å²) < 4.78 is 5.53. The Morgan fingerprint density at radius 2 is 1.92 bits per heavy atom. The molecule has 0 aromatic heterocycles. The van der Waals surface area contributed by atoms with Gasteiger partial charge in [0.2, 0.25) is 11.8 Å². The van der Waals surface area contributed by atoms with Crippen molar-refractivity contribution in [1.82, 2.24) is 10.2 Å². The number of rotatable bonds is 9. The van der Waals surface area contributed by atoms with E-state index in [1.165, 1.54) is 18.4 Å². The Morgan fingerprint density at radius 3 is 2.74 bits per heavy atom. The molecule has 5 rings (SSSR count). The lowest BCUT2D eigenvalue weighted by molar-refractivity contribution is -0.160. The van der Waals surface area contributed by atoms with Crippen LogP contribution in [0.25, 0.3) is 10.8 Å². The van der Waals surface area contributed by atoms with E-state index in [0.717, 1.165) is 47.7 Å². The number of fused-ring (bicyclic) bond motifs is 2. The number of nitrogens with zero attached hydrogens (tertiary/aromatic N) is 1. The molecule has 1 saturated heterocycles. The SMILES string of the molecule is CCOC(=O)[C@]12CCC=C1N(CCC1=CCCCC1)C(=O)[C@H](CC(=O)NCc1cccc3ccccc13)C2. The number of likely N-dealkylation sites (tertiary alicyclic amines) is 1. The summed E-state index contributed by atoms with van der Waals surface area (Å²) in [4.78, 5) is 42.1. The predicted molar refractivity (Wildman–Crippen MR) is 148 cm³/mol. The van der Waals surface area contributed by atoms with Crippen molar-refractivity contribution in [2.75, 3.05) is 13.2 Å². The van der Waals surface area contributed by atoms with Gasteiger partial charge in [0.15, 0.2) is 0 Å². The van der Waals surface area contributed by atoms with Crippen LogP contribution in [0.3, 0.4) is 0 Å². The molecule has 2 amide bonds. The maximum Gasteiger partial charge on any atom is 0.318 e. The number of piperidine rings is 1. The average Bonchev–Trinajstić information content (AvgIpc) is 3.37. The van der Waals surface area contributed by atoms with Crippen LogP contribution in [-0.2, 0) is 25.7 Å². The van der Waals surface area contributed by atoms with Gasteiger partial charge in [-0.25, -0.2) is 0 Å². The third kappa shape index (κ3) is 5.27. The summed E-state index contributed by atoms with van der Waals surface area (Å²) in [5.41, 5.74) is 2.38. The highest BCUT2D eigenvalue weighted by atomic mass is 16.5. The van der Waals surface area contributed by atoms with E-state index in [9.17, 15) is 14.4 Å². The molecule has 0 radical (unpaired) electrons. The Morgan fingerprint density at radius 1 is 1.08 bits per heavy atom. The zero-order valence-electron chi connectivity index (χ0n) is 22.3. The fourth-order valence-electron chi connectivity index (χ4n) is 6.47. The van der Waals surface area contributed by atoms with Gasteiger partial charge in [-0.15, -0.1) is 0 Å². The molecule has 3 aliphatic rings. The van der Waals surface area contributed by atoms with Crippen LogP contribution in [0.1, 0.15) is 70.3 Å². The lowest BCUT2D eigenvalue weighted by atomic mass is 9.71. The number of nitrogens with one attached hydrogen (secondary N) is 1. The summed E-state index contributed by atoms with van der Waals surface area (Å²) >= 11 is 0. The number of esters is 1. The maximum atomic E-state index is 13.8. The van der Waals surface area contributed by atoms with Crippen molar-refractivity contribution in [2.45, 2.75) is 71.3 Å². The fraction of sp³-hybridized carbons (Fsp3) is 0.469. The Labute approximate surface area is 225 Å². The predicted octanol–water partition coefficient (Wildman–Crippen LogP) is 5.81. The van der Waals surface area contributed by atoms with Crippen molar-refractivity contribution in [1.29, 1.82) is 0 Å². The molecule has 1 aliphatic heterocycles. The van der Waals surface area contributed by atoms with Gasteiger partial charge in [-0.2, -0.15) is 0 Å². The Balaban J connectivity index is 1.32. The number of hydrogen-bond donors (Lipinski definition) is 1. The highest BCUT2D eigenvalue weighted by Gasteiger charge is 2.55. The van der Waals surface area contributed by atoms with Gasteiger partial charge in [0.1, 0.15) is 5.41 Å². The highest BCUT2D eigenvalue weighted by molar-refractivity contribution is 5.93. The van der Waals surface area contributed by atoms with Gasteiger partial charge in [0.05, 0.1) is 6.61 Å². The van der Waals surface area contributed by atoms with Crippen molar-refractivity contribution in [2.24, 2.45) is 11.3 Å². The van der Waals surface area contributed by atoms with E-state index in [1.54, 1.807) is 0 Å². The Bertz CT molecular complexity index is 1270. The molecular weight excluding hydrogens is 476 g/mol. The van der Waals surface area contributed by atoms with Crippen molar-refractivity contribution in [3.05, 3.63) is 71.5 Å². The van der Waals surface area contributed by atoms with E-state index in [0.29, 0.717) is 32.5 Å². The van der Waals surface area contributed by atoms with Gasteiger partial charge in [-0.1, -0.05) is 60.2 Å². The normalized spacial score (nSPS) is 23.0. The van der Waals surface area contributed by atoms with E-state index in [-0.39, 0.29) is 24.2 Å². The van der Waals surface area contributed by atoms with Gasteiger partial charge in [0.25, 0.3) is 0 Å². The molecule has 2 aromatic carbocycles. The Kier molecular flexibility index (Phi) is 7.96. The zero-order chi connectivity index (χ0) is 26.5. The number of carbonyl (C=O) groups is 3. The van der Waals surface area contributed by atoms with Crippen LogP contribution in [0.2, 0.25) is 0 Å². The lowest BCUT2D eigenvalue weighted by Gasteiger charge is -2.44. The van der Waals surface area contributed by atoms with E-state index in [2.05, 4.69) is 29.6 Å². The number of amides is 2. The van der Waals surface area contributed by atoms with Crippen LogP contribution >= 0.6 is 0 Å². The second-order valence-electron chi connectivity index (χ2n) is 10.8. The smallest absolute Gasteiger partial charge is 0.318 e. The molecule has 38 heavy (non-hydrogen) atoms. The van der Waals surface area contributed by atoms with Crippen LogP contribution in [-0.4, -0.2) is 35.8 Å². The van der Waals surface area contributed by atoms with Crippen molar-refractivity contribution in [3.63, 3.8) is 0 Å². The molecule has 2 aliphatic carbocycles. The summed E-state index contributed by atoms with van der Waals surface area (Å²) in [6.45, 7) is 3.05. The fourth-order valence-corrected chi connectivity index (χ4v) is 6.47. The second-order valence-corrected chi connectivity index (χ2v) is 10.8. The molecule has 2 atom stereocenters.